The molecule has 0 saturated heterocycles. The predicted octanol–water partition coefficient (Wildman–Crippen LogP) is 1.31. The quantitative estimate of drug-likeness (QED) is 0.749. The molecule has 88 valence electrons. The highest BCUT2D eigenvalue weighted by molar-refractivity contribution is 6.03. The van der Waals surface area contributed by atoms with Gasteiger partial charge >= 0.3 is 5.76 Å². The highest BCUT2D eigenvalue weighted by atomic mass is 16.4. The van der Waals surface area contributed by atoms with Crippen LogP contribution < -0.4 is 5.76 Å². The normalized spacial score (nSPS) is 11.0. The van der Waals surface area contributed by atoms with E-state index in [9.17, 15) is 14.4 Å². The molecule has 17 heavy (non-hydrogen) atoms. The maximum atomic E-state index is 11.7. The summed E-state index contributed by atoms with van der Waals surface area (Å²) in [7, 11) is 0. The van der Waals surface area contributed by atoms with Gasteiger partial charge in [-0.15, -0.1) is 0 Å². The minimum atomic E-state index is -1.11. The van der Waals surface area contributed by atoms with Crippen LogP contribution in [-0.4, -0.2) is 16.1 Å². The molecule has 0 aliphatic rings. The molecular formula is C12H11NO4. The van der Waals surface area contributed by atoms with Gasteiger partial charge in [-0.2, -0.15) is 0 Å². The van der Waals surface area contributed by atoms with E-state index in [0.29, 0.717) is 11.1 Å². The first-order valence-electron chi connectivity index (χ1n) is 5.13. The zero-order chi connectivity index (χ0) is 12.6. The number of carbonyl (C=O) groups is 2. The van der Waals surface area contributed by atoms with Gasteiger partial charge in [-0.05, 0) is 26.0 Å². The molecule has 0 fully saturated rings. The lowest BCUT2D eigenvalue weighted by Gasteiger charge is -2.10. The van der Waals surface area contributed by atoms with E-state index in [1.54, 1.807) is 24.3 Å². The van der Waals surface area contributed by atoms with E-state index in [4.69, 9.17) is 4.42 Å². The Balaban J connectivity index is 2.77. The number of hydrogen-bond donors (Lipinski definition) is 0. The van der Waals surface area contributed by atoms with Gasteiger partial charge in [0, 0.05) is 0 Å². The van der Waals surface area contributed by atoms with Crippen molar-refractivity contribution in [1.82, 2.24) is 4.57 Å². The van der Waals surface area contributed by atoms with Crippen LogP contribution in [0.1, 0.15) is 19.9 Å². The monoisotopic (exact) mass is 233 g/mol. The lowest BCUT2D eigenvalue weighted by molar-refractivity contribution is -0.129. The first-order valence-corrected chi connectivity index (χ1v) is 5.13. The Kier molecular flexibility index (Phi) is 2.67. The third kappa shape index (κ3) is 1.80. The summed E-state index contributed by atoms with van der Waals surface area (Å²) in [5.41, 5.74) is 0.818. The number of hydrogen-bond acceptors (Lipinski definition) is 4. The molecule has 0 radical (unpaired) electrons. The van der Waals surface area contributed by atoms with Gasteiger partial charge in [0.05, 0.1) is 5.52 Å². The van der Waals surface area contributed by atoms with Crippen LogP contribution in [0.5, 0.6) is 0 Å². The maximum absolute atomic E-state index is 11.7. The number of nitrogens with zero attached hydrogens (tertiary/aromatic N) is 1. The second kappa shape index (κ2) is 4.01. The number of fused-ring (bicyclic) bond motifs is 1. The van der Waals surface area contributed by atoms with E-state index in [-0.39, 0.29) is 11.6 Å². The highest BCUT2D eigenvalue weighted by Gasteiger charge is 2.26. The molecule has 0 amide bonds. The average Bonchev–Trinajstić information content (AvgIpc) is 2.55. The lowest BCUT2D eigenvalue weighted by atomic mass is 10.1. The summed E-state index contributed by atoms with van der Waals surface area (Å²) < 4.78 is 6.08. The van der Waals surface area contributed by atoms with E-state index in [1.165, 1.54) is 13.8 Å². The number of aromatic nitrogens is 1. The lowest BCUT2D eigenvalue weighted by Crippen LogP contribution is -2.30. The van der Waals surface area contributed by atoms with E-state index in [0.717, 1.165) is 4.57 Å². The van der Waals surface area contributed by atoms with Crippen molar-refractivity contribution in [3.05, 3.63) is 34.8 Å². The first-order chi connectivity index (χ1) is 8.02. The number of oxazole rings is 1. The van der Waals surface area contributed by atoms with Crippen molar-refractivity contribution in [3.63, 3.8) is 0 Å². The summed E-state index contributed by atoms with van der Waals surface area (Å²) in [5, 5.41) is 0. The average molecular weight is 233 g/mol. The zero-order valence-electron chi connectivity index (χ0n) is 9.47. The Morgan fingerprint density at radius 1 is 1.18 bits per heavy atom. The number of para-hydroxylation sites is 2. The molecule has 2 aromatic rings. The Morgan fingerprint density at radius 3 is 2.35 bits per heavy atom. The number of carbonyl (C=O) groups excluding carboxylic acids is 2. The van der Waals surface area contributed by atoms with Crippen LogP contribution in [0.3, 0.4) is 0 Å². The van der Waals surface area contributed by atoms with Crippen molar-refractivity contribution in [2.75, 3.05) is 0 Å². The second-order valence-corrected chi connectivity index (χ2v) is 3.83. The smallest absolute Gasteiger partial charge is 0.408 e. The standard InChI is InChI=1S/C12H11NO4/c1-7(14)11(8(2)15)13-9-5-3-4-6-10(9)17-12(13)16/h3-6,11H,1-2H3. The number of Topliss-reactive ketones (excluding diaryl/α,β-unsaturated/α-hetero) is 2. The molecule has 2 rings (SSSR count). The molecule has 0 spiro atoms. The van der Waals surface area contributed by atoms with Gasteiger partial charge in [-0.1, -0.05) is 12.1 Å². The molecule has 0 atom stereocenters. The molecule has 0 bridgehead atoms. The van der Waals surface area contributed by atoms with Gasteiger partial charge in [0.15, 0.2) is 23.2 Å². The van der Waals surface area contributed by atoms with E-state index in [2.05, 4.69) is 0 Å². The molecule has 5 heteroatoms. The van der Waals surface area contributed by atoms with Crippen LogP contribution in [0.15, 0.2) is 33.5 Å². The Labute approximate surface area is 96.6 Å². The van der Waals surface area contributed by atoms with Gasteiger partial charge in [0.2, 0.25) is 0 Å². The summed E-state index contributed by atoms with van der Waals surface area (Å²) in [6, 6.07) is 5.58. The van der Waals surface area contributed by atoms with Crippen LogP contribution in [0.25, 0.3) is 11.1 Å². The van der Waals surface area contributed by atoms with Crippen molar-refractivity contribution in [1.29, 1.82) is 0 Å². The Bertz CT molecular complexity index is 636. The third-order valence-corrected chi connectivity index (χ3v) is 2.55. The predicted molar refractivity (Wildman–Crippen MR) is 60.9 cm³/mol. The SMILES string of the molecule is CC(=O)C(C(C)=O)n1c(=O)oc2ccccc21. The third-order valence-electron chi connectivity index (χ3n) is 2.55. The molecule has 0 aliphatic heterocycles. The van der Waals surface area contributed by atoms with Gasteiger partial charge in [-0.25, -0.2) is 4.79 Å². The molecule has 0 N–H and O–H groups in total. The minimum absolute atomic E-state index is 0.366. The molecule has 1 aromatic heterocycles. The molecular weight excluding hydrogens is 222 g/mol. The largest absolute Gasteiger partial charge is 0.421 e. The van der Waals surface area contributed by atoms with Crippen LogP contribution in [0.4, 0.5) is 0 Å². The highest BCUT2D eigenvalue weighted by Crippen LogP contribution is 2.17. The fraction of sp³-hybridized carbons (Fsp3) is 0.250. The topological polar surface area (TPSA) is 69.3 Å². The fourth-order valence-corrected chi connectivity index (χ4v) is 1.88. The molecule has 0 saturated carbocycles. The zero-order valence-corrected chi connectivity index (χ0v) is 9.47. The van der Waals surface area contributed by atoms with Gasteiger partial charge in [0.25, 0.3) is 0 Å². The van der Waals surface area contributed by atoms with Crippen molar-refractivity contribution in [2.24, 2.45) is 0 Å². The van der Waals surface area contributed by atoms with E-state index < -0.39 is 11.8 Å². The summed E-state index contributed by atoms with van der Waals surface area (Å²) >= 11 is 0. The Hall–Kier alpha value is -2.17. The molecule has 1 aromatic carbocycles. The Morgan fingerprint density at radius 2 is 1.76 bits per heavy atom. The van der Waals surface area contributed by atoms with Gasteiger partial charge < -0.3 is 4.42 Å². The van der Waals surface area contributed by atoms with E-state index >= 15 is 0 Å². The van der Waals surface area contributed by atoms with Crippen LogP contribution in [-0.2, 0) is 9.59 Å². The van der Waals surface area contributed by atoms with Crippen molar-refractivity contribution >= 4 is 22.7 Å². The van der Waals surface area contributed by atoms with Crippen LogP contribution >= 0.6 is 0 Å². The van der Waals surface area contributed by atoms with E-state index in [1.807, 2.05) is 0 Å². The molecule has 5 nitrogen and oxygen atoms in total. The van der Waals surface area contributed by atoms with Crippen molar-refractivity contribution in [3.8, 4) is 0 Å². The van der Waals surface area contributed by atoms with Crippen molar-refractivity contribution in [2.45, 2.75) is 19.9 Å². The minimum Gasteiger partial charge on any atom is -0.408 e. The van der Waals surface area contributed by atoms with Crippen LogP contribution in [0.2, 0.25) is 0 Å². The summed E-state index contributed by atoms with van der Waals surface area (Å²) in [6.07, 6.45) is 0. The summed E-state index contributed by atoms with van der Waals surface area (Å²) in [5.74, 6) is -1.46. The first kappa shape index (κ1) is 11.3. The second-order valence-electron chi connectivity index (χ2n) is 3.83. The summed E-state index contributed by atoms with van der Waals surface area (Å²) in [6.45, 7) is 2.56. The number of ketones is 2. The van der Waals surface area contributed by atoms with Gasteiger partial charge in [-0.3, -0.25) is 14.2 Å². The van der Waals surface area contributed by atoms with Gasteiger partial charge in [0.1, 0.15) is 0 Å². The molecule has 0 unspecified atom stereocenters. The summed E-state index contributed by atoms with van der Waals surface area (Å²) in [4.78, 5) is 34.6. The maximum Gasteiger partial charge on any atom is 0.421 e. The number of benzene rings is 1. The number of rotatable bonds is 3. The molecule has 1 heterocycles. The molecule has 0 aliphatic carbocycles. The van der Waals surface area contributed by atoms with Crippen LogP contribution in [0, 0.1) is 0 Å². The van der Waals surface area contributed by atoms with Crippen molar-refractivity contribution < 1.29 is 14.0 Å². The fourth-order valence-electron chi connectivity index (χ4n) is 1.88.